The van der Waals surface area contributed by atoms with Crippen molar-refractivity contribution in [3.05, 3.63) is 0 Å². The van der Waals surface area contributed by atoms with Crippen molar-refractivity contribution < 1.29 is 4.74 Å². The Bertz CT molecular complexity index is 309. The molecule has 0 amide bonds. The standard InChI is InChI=1S/C17H33N3O.ClH/c1-17(6-7-18-14-17)15-20-10-4-16(5-11-20)21-13-12-19-8-2-3-9-19;/h16,18H,2-15H2,1H3;1H. The molecule has 0 radical (unpaired) electrons. The van der Waals surface area contributed by atoms with Gasteiger partial charge in [0, 0.05) is 32.7 Å². The van der Waals surface area contributed by atoms with E-state index in [1.807, 2.05) is 0 Å². The minimum Gasteiger partial charge on any atom is -0.377 e. The van der Waals surface area contributed by atoms with Crippen LogP contribution in [0.5, 0.6) is 0 Å². The van der Waals surface area contributed by atoms with E-state index in [1.165, 1.54) is 77.9 Å². The summed E-state index contributed by atoms with van der Waals surface area (Å²) in [7, 11) is 0. The second-order valence-electron chi connectivity index (χ2n) is 7.63. The van der Waals surface area contributed by atoms with Crippen LogP contribution in [0.1, 0.15) is 39.0 Å². The van der Waals surface area contributed by atoms with Crippen LogP contribution in [0, 0.1) is 5.41 Å². The average molecular weight is 332 g/mol. The monoisotopic (exact) mass is 331 g/mol. The third-order valence-corrected chi connectivity index (χ3v) is 5.56. The molecule has 130 valence electrons. The van der Waals surface area contributed by atoms with Crippen molar-refractivity contribution in [2.45, 2.75) is 45.1 Å². The van der Waals surface area contributed by atoms with Crippen LogP contribution < -0.4 is 5.32 Å². The van der Waals surface area contributed by atoms with Crippen molar-refractivity contribution in [2.75, 3.05) is 59.0 Å². The van der Waals surface area contributed by atoms with Crippen LogP contribution in [0.15, 0.2) is 0 Å². The Labute approximate surface area is 142 Å². The van der Waals surface area contributed by atoms with E-state index in [9.17, 15) is 0 Å². The van der Waals surface area contributed by atoms with Crippen molar-refractivity contribution >= 4 is 12.4 Å². The topological polar surface area (TPSA) is 27.7 Å². The van der Waals surface area contributed by atoms with Gasteiger partial charge >= 0.3 is 0 Å². The van der Waals surface area contributed by atoms with Crippen LogP contribution in [0.2, 0.25) is 0 Å². The van der Waals surface area contributed by atoms with Gasteiger partial charge in [-0.2, -0.15) is 0 Å². The Morgan fingerprint density at radius 1 is 1.09 bits per heavy atom. The largest absolute Gasteiger partial charge is 0.377 e. The third-order valence-electron chi connectivity index (χ3n) is 5.56. The van der Waals surface area contributed by atoms with E-state index >= 15 is 0 Å². The molecule has 3 aliphatic rings. The van der Waals surface area contributed by atoms with Crippen LogP contribution in [0.3, 0.4) is 0 Å². The number of likely N-dealkylation sites (tertiary alicyclic amines) is 2. The highest BCUT2D eigenvalue weighted by atomic mass is 35.5. The maximum Gasteiger partial charge on any atom is 0.0600 e. The maximum atomic E-state index is 6.11. The number of nitrogens with one attached hydrogen (secondary N) is 1. The van der Waals surface area contributed by atoms with Gasteiger partial charge in [0.1, 0.15) is 0 Å². The molecule has 3 saturated heterocycles. The number of nitrogens with zero attached hydrogens (tertiary/aromatic N) is 2. The highest BCUT2D eigenvalue weighted by Gasteiger charge is 2.32. The molecule has 0 bridgehead atoms. The number of rotatable bonds is 6. The van der Waals surface area contributed by atoms with Gasteiger partial charge < -0.3 is 19.9 Å². The second-order valence-corrected chi connectivity index (χ2v) is 7.63. The first-order valence-corrected chi connectivity index (χ1v) is 9.01. The van der Waals surface area contributed by atoms with E-state index in [1.54, 1.807) is 0 Å². The second kappa shape index (κ2) is 8.84. The van der Waals surface area contributed by atoms with E-state index in [0.717, 1.165) is 13.2 Å². The predicted octanol–water partition coefficient (Wildman–Crippen LogP) is 1.98. The summed E-state index contributed by atoms with van der Waals surface area (Å²) < 4.78 is 6.11. The lowest BCUT2D eigenvalue weighted by atomic mass is 9.88. The molecule has 0 aliphatic carbocycles. The molecule has 1 N–H and O–H groups in total. The molecule has 5 heteroatoms. The summed E-state index contributed by atoms with van der Waals surface area (Å²) in [5.41, 5.74) is 0.503. The summed E-state index contributed by atoms with van der Waals surface area (Å²) in [5.74, 6) is 0. The summed E-state index contributed by atoms with van der Waals surface area (Å²) in [6, 6.07) is 0. The van der Waals surface area contributed by atoms with Crippen molar-refractivity contribution in [2.24, 2.45) is 5.41 Å². The molecule has 0 aromatic carbocycles. The summed E-state index contributed by atoms with van der Waals surface area (Å²) in [4.78, 5) is 5.20. The first-order chi connectivity index (χ1) is 10.2. The van der Waals surface area contributed by atoms with Gasteiger partial charge in [0.05, 0.1) is 12.7 Å². The van der Waals surface area contributed by atoms with E-state index in [-0.39, 0.29) is 12.4 Å². The minimum absolute atomic E-state index is 0. The van der Waals surface area contributed by atoms with Crippen molar-refractivity contribution in [3.8, 4) is 0 Å². The Morgan fingerprint density at radius 3 is 2.45 bits per heavy atom. The van der Waals surface area contributed by atoms with Gasteiger partial charge in [-0.1, -0.05) is 6.92 Å². The third kappa shape index (κ3) is 5.34. The summed E-state index contributed by atoms with van der Waals surface area (Å²) in [5, 5.41) is 3.51. The Kier molecular flexibility index (Phi) is 7.42. The van der Waals surface area contributed by atoms with Gasteiger partial charge in [0.25, 0.3) is 0 Å². The van der Waals surface area contributed by atoms with Crippen molar-refractivity contribution in [1.82, 2.24) is 15.1 Å². The van der Waals surface area contributed by atoms with Crippen LogP contribution in [-0.4, -0.2) is 74.9 Å². The number of piperidine rings is 1. The Hall–Kier alpha value is 0.130. The van der Waals surface area contributed by atoms with E-state index < -0.39 is 0 Å². The summed E-state index contributed by atoms with van der Waals surface area (Å²) >= 11 is 0. The van der Waals surface area contributed by atoms with E-state index in [4.69, 9.17) is 4.74 Å². The van der Waals surface area contributed by atoms with Crippen LogP contribution in [0.25, 0.3) is 0 Å². The lowest BCUT2D eigenvalue weighted by Crippen LogP contribution is -2.43. The molecule has 3 aliphatic heterocycles. The first kappa shape index (κ1) is 18.5. The highest BCUT2D eigenvalue weighted by Crippen LogP contribution is 2.27. The fourth-order valence-electron chi connectivity index (χ4n) is 4.13. The lowest BCUT2D eigenvalue weighted by Gasteiger charge is -2.37. The van der Waals surface area contributed by atoms with Crippen LogP contribution >= 0.6 is 12.4 Å². The van der Waals surface area contributed by atoms with Gasteiger partial charge in [0.15, 0.2) is 0 Å². The summed E-state index contributed by atoms with van der Waals surface area (Å²) in [6.45, 7) is 13.2. The molecule has 0 aromatic heterocycles. The van der Waals surface area contributed by atoms with Crippen molar-refractivity contribution in [3.63, 3.8) is 0 Å². The van der Waals surface area contributed by atoms with Crippen molar-refractivity contribution in [1.29, 1.82) is 0 Å². The number of halogens is 1. The molecule has 22 heavy (non-hydrogen) atoms. The molecule has 0 spiro atoms. The zero-order valence-electron chi connectivity index (χ0n) is 14.2. The zero-order chi connectivity index (χ0) is 14.5. The maximum absolute atomic E-state index is 6.11. The quantitative estimate of drug-likeness (QED) is 0.805. The fraction of sp³-hybridized carbons (Fsp3) is 1.00. The molecular formula is C17H34ClN3O. The first-order valence-electron chi connectivity index (χ1n) is 9.01. The number of hydrogen-bond donors (Lipinski definition) is 1. The number of hydrogen-bond acceptors (Lipinski definition) is 4. The number of ether oxygens (including phenoxy) is 1. The smallest absolute Gasteiger partial charge is 0.0600 e. The van der Waals surface area contributed by atoms with E-state index in [0.29, 0.717) is 11.5 Å². The van der Waals surface area contributed by atoms with Gasteiger partial charge in [-0.05, 0) is 57.2 Å². The molecule has 0 aromatic rings. The molecule has 0 saturated carbocycles. The molecule has 3 fully saturated rings. The minimum atomic E-state index is 0. The van der Waals surface area contributed by atoms with Crippen LogP contribution in [-0.2, 0) is 4.74 Å². The molecule has 4 nitrogen and oxygen atoms in total. The van der Waals surface area contributed by atoms with Gasteiger partial charge in [-0.3, -0.25) is 0 Å². The van der Waals surface area contributed by atoms with Gasteiger partial charge in [-0.15, -0.1) is 12.4 Å². The lowest BCUT2D eigenvalue weighted by molar-refractivity contribution is -0.00574. The predicted molar refractivity (Wildman–Crippen MR) is 93.9 cm³/mol. The molecule has 3 heterocycles. The molecule has 3 rings (SSSR count). The normalized spacial score (nSPS) is 31.5. The average Bonchev–Trinajstić information content (AvgIpc) is 3.13. The SMILES string of the molecule is CC1(CN2CCC(OCCN3CCCC3)CC2)CCNC1.Cl. The van der Waals surface area contributed by atoms with Crippen LogP contribution in [0.4, 0.5) is 0 Å². The van der Waals surface area contributed by atoms with Gasteiger partial charge in [-0.25, -0.2) is 0 Å². The van der Waals surface area contributed by atoms with Gasteiger partial charge in [0.2, 0.25) is 0 Å². The Balaban J connectivity index is 0.00000176. The molecule has 1 atom stereocenters. The fourth-order valence-corrected chi connectivity index (χ4v) is 4.13. The zero-order valence-corrected chi connectivity index (χ0v) is 15.0. The highest BCUT2D eigenvalue weighted by molar-refractivity contribution is 5.85. The molecule has 1 unspecified atom stereocenters. The van der Waals surface area contributed by atoms with E-state index in [2.05, 4.69) is 22.0 Å². The molecular weight excluding hydrogens is 298 g/mol. The summed E-state index contributed by atoms with van der Waals surface area (Å²) in [6.07, 6.45) is 7.06. The Morgan fingerprint density at radius 2 is 1.82 bits per heavy atom.